The Morgan fingerprint density at radius 2 is 1.94 bits per heavy atom. The molecule has 0 radical (unpaired) electrons. The van der Waals surface area contributed by atoms with E-state index in [9.17, 15) is 13.6 Å². The largest absolute Gasteiger partial charge is 0.349 e. The average molecular weight is 445 g/mol. The van der Waals surface area contributed by atoms with Gasteiger partial charge in [-0.3, -0.25) is 9.78 Å². The molecule has 2 aromatic rings. The molecule has 0 aromatic carbocycles. The Morgan fingerprint density at radius 1 is 1.22 bits per heavy atom. The van der Waals surface area contributed by atoms with Crippen molar-refractivity contribution in [3.8, 4) is 0 Å². The molecule has 4 rings (SSSR count). The number of nitrogens with zero attached hydrogens (tertiary/aromatic N) is 3. The van der Waals surface area contributed by atoms with E-state index in [2.05, 4.69) is 25.6 Å². The number of hydrogen-bond donors (Lipinski definition) is 2. The van der Waals surface area contributed by atoms with Gasteiger partial charge in [-0.1, -0.05) is 6.07 Å². The first kappa shape index (κ1) is 21.9. The third kappa shape index (κ3) is 4.22. The van der Waals surface area contributed by atoms with E-state index in [1.165, 1.54) is 32.0 Å². The Kier molecular flexibility index (Phi) is 5.96. The maximum Gasteiger partial charge on any atom is 0.253 e. The predicted octanol–water partition coefficient (Wildman–Crippen LogP) is 3.23. The average Bonchev–Trinajstić information content (AvgIpc) is 2.81. The molecule has 3 heterocycles. The molecule has 7 nitrogen and oxygen atoms in total. The Labute approximate surface area is 182 Å². The Bertz CT molecular complexity index is 1040. The SMILES string of the molecule is COC1(c2ccccn2)NC(c2cncnc2)=C(C(=O)NC2CCC(F)(F)CC2)C=C1F. The number of hydrogen-bond acceptors (Lipinski definition) is 6. The highest BCUT2D eigenvalue weighted by Gasteiger charge is 2.44. The molecule has 2 aromatic heterocycles. The summed E-state index contributed by atoms with van der Waals surface area (Å²) < 4.78 is 47.9. The fourth-order valence-corrected chi connectivity index (χ4v) is 3.90. The highest BCUT2D eigenvalue weighted by molar-refractivity contribution is 6.04. The minimum absolute atomic E-state index is 0.0155. The molecular formula is C22H22F3N5O2. The summed E-state index contributed by atoms with van der Waals surface area (Å²) in [6.07, 6.45) is 6.53. The number of halogens is 3. The first-order chi connectivity index (χ1) is 15.3. The zero-order valence-electron chi connectivity index (χ0n) is 17.3. The van der Waals surface area contributed by atoms with Crippen molar-refractivity contribution in [3.63, 3.8) is 0 Å². The molecule has 1 aliphatic carbocycles. The fourth-order valence-electron chi connectivity index (χ4n) is 3.90. The number of carbonyl (C=O) groups excluding carboxylic acids is 1. The molecule has 0 spiro atoms. The van der Waals surface area contributed by atoms with Crippen LogP contribution in [-0.2, 0) is 15.3 Å². The summed E-state index contributed by atoms with van der Waals surface area (Å²) in [5.74, 6) is -4.08. The molecule has 2 N–H and O–H groups in total. The van der Waals surface area contributed by atoms with E-state index in [1.807, 2.05) is 0 Å². The lowest BCUT2D eigenvalue weighted by atomic mass is 9.91. The number of nitrogens with one attached hydrogen (secondary N) is 2. The fraction of sp³-hybridized carbons (Fsp3) is 0.364. The number of rotatable bonds is 5. The number of ether oxygens (including phenoxy) is 1. The summed E-state index contributed by atoms with van der Waals surface area (Å²) in [6.45, 7) is 0. The second-order valence-corrected chi connectivity index (χ2v) is 7.74. The predicted molar refractivity (Wildman–Crippen MR) is 110 cm³/mol. The van der Waals surface area contributed by atoms with E-state index in [4.69, 9.17) is 4.74 Å². The molecule has 32 heavy (non-hydrogen) atoms. The van der Waals surface area contributed by atoms with Crippen LogP contribution >= 0.6 is 0 Å². The number of methoxy groups -OCH3 is 1. The lowest BCUT2D eigenvalue weighted by molar-refractivity contribution is -0.119. The topological polar surface area (TPSA) is 89.0 Å². The van der Waals surface area contributed by atoms with Crippen LogP contribution in [0.1, 0.15) is 36.9 Å². The number of dihydropyridines is 1. The standard InChI is InChI=1S/C22H22F3N5O2/c1-32-22(18-4-2-3-9-28-18)17(23)10-16(19(30-22)14-11-26-13-27-12-14)20(31)29-15-5-7-21(24,25)8-6-15/h2-4,9-13,15,30H,5-8H2,1H3,(H,29,31). The zero-order valence-corrected chi connectivity index (χ0v) is 17.3. The van der Waals surface area contributed by atoms with Gasteiger partial charge >= 0.3 is 0 Å². The zero-order chi connectivity index (χ0) is 22.8. The quantitative estimate of drug-likeness (QED) is 0.735. The van der Waals surface area contributed by atoms with Crippen LogP contribution in [0.4, 0.5) is 13.2 Å². The number of carbonyl (C=O) groups is 1. The van der Waals surface area contributed by atoms with Gasteiger partial charge in [-0.2, -0.15) is 0 Å². The molecular weight excluding hydrogens is 423 g/mol. The van der Waals surface area contributed by atoms with Crippen LogP contribution in [0.3, 0.4) is 0 Å². The summed E-state index contributed by atoms with van der Waals surface area (Å²) in [5, 5.41) is 5.72. The van der Waals surface area contributed by atoms with Crippen molar-refractivity contribution in [1.29, 1.82) is 0 Å². The molecule has 1 amide bonds. The summed E-state index contributed by atoms with van der Waals surface area (Å²) in [6, 6.07) is 4.54. The van der Waals surface area contributed by atoms with Crippen molar-refractivity contribution in [2.75, 3.05) is 7.11 Å². The van der Waals surface area contributed by atoms with Crippen molar-refractivity contribution in [1.82, 2.24) is 25.6 Å². The van der Waals surface area contributed by atoms with Gasteiger partial charge in [0.15, 0.2) is 5.83 Å². The van der Waals surface area contributed by atoms with E-state index in [1.54, 1.807) is 18.2 Å². The van der Waals surface area contributed by atoms with Gasteiger partial charge in [0.1, 0.15) is 6.33 Å². The van der Waals surface area contributed by atoms with E-state index >= 15 is 4.39 Å². The van der Waals surface area contributed by atoms with E-state index < -0.39 is 29.4 Å². The second-order valence-electron chi connectivity index (χ2n) is 7.74. The molecule has 1 fully saturated rings. The lowest BCUT2D eigenvalue weighted by Crippen LogP contribution is -2.48. The van der Waals surface area contributed by atoms with E-state index in [0.29, 0.717) is 5.56 Å². The molecule has 168 valence electrons. The second kappa shape index (κ2) is 8.70. The van der Waals surface area contributed by atoms with Crippen LogP contribution < -0.4 is 10.6 Å². The molecule has 1 saturated carbocycles. The van der Waals surface area contributed by atoms with Crippen molar-refractivity contribution < 1.29 is 22.7 Å². The van der Waals surface area contributed by atoms with Gasteiger partial charge in [0.05, 0.1) is 17.0 Å². The van der Waals surface area contributed by atoms with Crippen molar-refractivity contribution in [2.45, 2.75) is 43.4 Å². The molecule has 0 bridgehead atoms. The van der Waals surface area contributed by atoms with Crippen LogP contribution in [0.15, 0.2) is 60.6 Å². The Hall–Kier alpha value is -3.27. The number of alkyl halides is 2. The van der Waals surface area contributed by atoms with Crippen LogP contribution in [0.5, 0.6) is 0 Å². The van der Waals surface area contributed by atoms with Crippen LogP contribution in [-0.4, -0.2) is 39.9 Å². The molecule has 10 heteroatoms. The summed E-state index contributed by atoms with van der Waals surface area (Å²) >= 11 is 0. The van der Waals surface area contributed by atoms with Gasteiger partial charge in [-0.25, -0.2) is 23.1 Å². The van der Waals surface area contributed by atoms with Crippen LogP contribution in [0.2, 0.25) is 0 Å². The first-order valence-corrected chi connectivity index (χ1v) is 10.2. The third-order valence-electron chi connectivity index (χ3n) is 5.66. The Balaban J connectivity index is 1.70. The minimum Gasteiger partial charge on any atom is -0.349 e. The highest BCUT2D eigenvalue weighted by Crippen LogP contribution is 2.39. The normalized spacial score (nSPS) is 23.3. The van der Waals surface area contributed by atoms with Gasteiger partial charge in [-0.05, 0) is 31.1 Å². The van der Waals surface area contributed by atoms with E-state index in [-0.39, 0.29) is 42.6 Å². The number of amides is 1. The summed E-state index contributed by atoms with van der Waals surface area (Å²) in [7, 11) is 1.32. The van der Waals surface area contributed by atoms with Crippen molar-refractivity contribution in [3.05, 3.63) is 71.9 Å². The number of pyridine rings is 1. The maximum absolute atomic E-state index is 15.5. The van der Waals surface area contributed by atoms with Gasteiger partial charge in [0.2, 0.25) is 11.6 Å². The van der Waals surface area contributed by atoms with Crippen molar-refractivity contribution in [2.24, 2.45) is 0 Å². The lowest BCUT2D eigenvalue weighted by Gasteiger charge is -2.37. The van der Waals surface area contributed by atoms with Crippen LogP contribution in [0, 0.1) is 0 Å². The molecule has 1 unspecified atom stereocenters. The molecule has 2 aliphatic rings. The van der Waals surface area contributed by atoms with Gasteiger partial charge in [-0.15, -0.1) is 0 Å². The summed E-state index contributed by atoms with van der Waals surface area (Å²) in [5.41, 5.74) is -0.867. The monoisotopic (exact) mass is 445 g/mol. The minimum atomic E-state index is -2.72. The van der Waals surface area contributed by atoms with Crippen LogP contribution in [0.25, 0.3) is 5.70 Å². The first-order valence-electron chi connectivity index (χ1n) is 10.2. The molecule has 1 atom stereocenters. The number of aromatic nitrogens is 3. The molecule has 0 saturated heterocycles. The third-order valence-corrected chi connectivity index (χ3v) is 5.66. The van der Waals surface area contributed by atoms with Crippen molar-refractivity contribution >= 4 is 11.6 Å². The van der Waals surface area contributed by atoms with Gasteiger partial charge in [0, 0.05) is 50.1 Å². The van der Waals surface area contributed by atoms with Gasteiger partial charge in [0.25, 0.3) is 5.91 Å². The van der Waals surface area contributed by atoms with Gasteiger partial charge < -0.3 is 15.4 Å². The maximum atomic E-state index is 15.5. The molecule has 1 aliphatic heterocycles. The van der Waals surface area contributed by atoms with E-state index in [0.717, 1.165) is 6.08 Å². The summed E-state index contributed by atoms with van der Waals surface area (Å²) in [4.78, 5) is 25.3. The Morgan fingerprint density at radius 3 is 2.56 bits per heavy atom. The smallest absolute Gasteiger partial charge is 0.253 e. The highest BCUT2D eigenvalue weighted by atomic mass is 19.3.